The molecule has 4 aliphatic rings. The van der Waals surface area contributed by atoms with Gasteiger partial charge < -0.3 is 48.8 Å². The van der Waals surface area contributed by atoms with Crippen LogP contribution in [0.25, 0.3) is 0 Å². The van der Waals surface area contributed by atoms with Crippen molar-refractivity contribution in [3.05, 3.63) is 71.8 Å². The summed E-state index contributed by atoms with van der Waals surface area (Å²) in [5.74, 6) is -0.828. The Morgan fingerprint density at radius 3 is 1.12 bits per heavy atom. The van der Waals surface area contributed by atoms with E-state index in [1.807, 2.05) is 60.7 Å². The van der Waals surface area contributed by atoms with Crippen LogP contribution >= 0.6 is 525 Å². The second-order valence-corrected chi connectivity index (χ2v) is 861. The van der Waals surface area contributed by atoms with Crippen LogP contribution in [0, 0.1) is 0 Å². The number of methoxy groups -OCH3 is 2. The van der Waals surface area contributed by atoms with E-state index in [4.69, 9.17) is 18.9 Å². The Bertz CT molecular complexity index is 2530. The standard InChI is InChI=1S/C19H25N3O5.C18H23N3O5.I20.I19/c1-20-12-16(17(23)26-2)22(18(20)24)15-8-10-21(11-9-15)19(25)27-13-14-6-4-3-5-7-14;1-25-16(22)15-11-19-17(23)21(15)14-7-9-20(10-8-14)18(24)26-12-13-5-3-2-4-6-13;1-12(2)14(5)16(7)18(9)20(11)19(10)17(8)15(6)13(3)4;1-11-13(4)15(6)17(8)19(10)18(9)16(7)14(5)12(2)3/h3-7,15-16H,8-13H2,1-2H3;2-6,14-15H,7-12H2,1H3,(H,19,23);;/q;;;-1/t16-;15-;;/m11../s1. The molecule has 0 unspecified atom stereocenters. The Balaban J connectivity index is 0.000000325. The minimum absolute atomic E-state index is 0.0928. The molecule has 55 heteroatoms. The molecule has 0 radical (unpaired) electrons. The van der Waals surface area contributed by atoms with Crippen LogP contribution in [0.15, 0.2) is 60.7 Å². The van der Waals surface area contributed by atoms with E-state index in [9.17, 15) is 28.8 Å². The number of rotatable bonds is 24. The Hall–Kier alpha value is 22.9. The monoisotopic (exact) mass is 5690 g/mol. The summed E-state index contributed by atoms with van der Waals surface area (Å²) in [5, 5.41) is 2.69. The van der Waals surface area contributed by atoms with Crippen molar-refractivity contribution in [2.45, 2.75) is 63.1 Å². The van der Waals surface area contributed by atoms with Gasteiger partial charge in [0.2, 0.25) is 0 Å². The van der Waals surface area contributed by atoms with Crippen LogP contribution in [0.1, 0.15) is 36.8 Å². The molecule has 560 valence electrons. The number of amides is 6. The zero-order valence-electron chi connectivity index (χ0n) is 45.1. The van der Waals surface area contributed by atoms with E-state index < -0.39 is 87.2 Å². The number of hydrogen-bond acceptors (Lipinski definition) is 10. The topological polar surface area (TPSA) is 168 Å². The summed E-state index contributed by atoms with van der Waals surface area (Å²) in [6.07, 6.45) is 1.69. The fourth-order valence-corrected chi connectivity index (χ4v) is 5670. The maximum atomic E-state index is 12.4. The molecule has 1 N–H and O–H groups in total. The van der Waals surface area contributed by atoms with Crippen molar-refractivity contribution >= 4 is 561 Å². The number of urea groups is 2. The number of halogens is 39. The first kappa shape index (κ1) is 109. The van der Waals surface area contributed by atoms with Crippen molar-refractivity contribution in [1.29, 1.82) is 0 Å². The number of nitrogens with one attached hydrogen (secondary N) is 1. The van der Waals surface area contributed by atoms with Gasteiger partial charge in [-0.3, -0.25) is 0 Å². The summed E-state index contributed by atoms with van der Waals surface area (Å²) < 4.78 is 20.3. The van der Waals surface area contributed by atoms with Crippen LogP contribution in [0.4, 0.5) is 19.2 Å². The average Bonchev–Trinajstić information content (AvgIpc) is 1.67. The second kappa shape index (κ2) is 62.1. The van der Waals surface area contributed by atoms with E-state index in [1.54, 1.807) is 26.6 Å². The Morgan fingerprint density at radius 2 is 0.793 bits per heavy atom. The molecule has 92 heavy (non-hydrogen) atoms. The Kier molecular flexibility index (Phi) is 73.7. The van der Waals surface area contributed by atoms with Crippen molar-refractivity contribution in [1.82, 2.24) is 29.8 Å². The Morgan fingerprint density at radius 1 is 0.478 bits per heavy atom. The molecule has 2 atom stereocenters. The van der Waals surface area contributed by atoms with Gasteiger partial charge in [-0.1, -0.05) is 60.7 Å². The molecule has 2 aromatic rings. The zero-order chi connectivity index (χ0) is 69.4. The van der Waals surface area contributed by atoms with Gasteiger partial charge in [-0.25, -0.2) is 28.8 Å². The number of piperidine rings is 2. The van der Waals surface area contributed by atoms with E-state index in [-0.39, 0.29) is 127 Å². The molecule has 4 fully saturated rings. The van der Waals surface area contributed by atoms with Crippen molar-refractivity contribution < 1.29 is 61.0 Å². The quantitative estimate of drug-likeness (QED) is 0.0607. The molecule has 2 aromatic carbocycles. The van der Waals surface area contributed by atoms with Gasteiger partial charge >= 0.3 is 575 Å². The number of likely N-dealkylation sites (tertiary alicyclic amines) is 2. The third kappa shape index (κ3) is 40.1. The van der Waals surface area contributed by atoms with E-state index in [2.05, 4.69) is 396 Å². The molecule has 4 aliphatic heterocycles. The summed E-state index contributed by atoms with van der Waals surface area (Å²) in [5.41, 5.74) is 1.87. The van der Waals surface area contributed by atoms with Gasteiger partial charge in [0.05, 0.1) is 27.3 Å². The molecular formula is C37H48I39N6O10-. The Labute approximate surface area is 814 Å². The normalized spacial score (nSPS) is 19.4. The van der Waals surface area contributed by atoms with Crippen LogP contribution in [0.5, 0.6) is 0 Å². The summed E-state index contributed by atoms with van der Waals surface area (Å²) in [4.78, 5) is 80.9. The third-order valence-electron chi connectivity index (χ3n) is 11.2. The predicted molar refractivity (Wildman–Crippen MR) is 722 cm³/mol. The molecule has 0 aromatic heterocycles. The molecule has 16 nitrogen and oxygen atoms in total. The third-order valence-corrected chi connectivity index (χ3v) is 2570. The van der Waals surface area contributed by atoms with Gasteiger partial charge in [-0.2, -0.15) is 0 Å². The average molecular weight is 5690 g/mol. The zero-order valence-corrected chi connectivity index (χ0v) is 129. The van der Waals surface area contributed by atoms with E-state index >= 15 is 0 Å². The molecule has 0 spiro atoms. The van der Waals surface area contributed by atoms with Crippen LogP contribution in [0.2, 0.25) is 0 Å². The first-order valence-electron chi connectivity index (χ1n) is 23.1. The number of esters is 2. The van der Waals surface area contributed by atoms with Crippen molar-refractivity contribution in [3.8, 4) is 0 Å². The molecular weight excluding hydrogens is 5640 g/mol. The number of carbonyl (C=O) groups excluding carboxylic acids is 6. The number of likely N-dealkylation sites (N-methyl/N-ethyl adjacent to an activating group) is 1. The van der Waals surface area contributed by atoms with Crippen LogP contribution in [-0.2, 0) is 41.8 Å². The SMILES string of the molecule is COC(=O)[C@H]1CN(C)C(=O)N1C1CCN(C(=O)OCc2ccccc2)CC1.COC(=O)[C@H]1CNC(=O)N1C1CCN(C(=O)OCc2ccccc2)CC1.II(I)I(I)I(I)I(I)I(I)I(I)I(I)I(I)I(I)I.I[I-]I(I)I(I)I(I)I(I)I(I)I(I)I(I)I(I)I. The first-order chi connectivity index (χ1) is 43.3. The number of carbonyl (C=O) groups is 6. The molecule has 4 heterocycles. The first-order valence-corrected chi connectivity index (χ1v) is 256. The number of ether oxygens (including phenoxy) is 4. The second-order valence-electron chi connectivity index (χ2n) is 16.1. The summed E-state index contributed by atoms with van der Waals surface area (Å²) in [6.45, 7) is 2.99. The van der Waals surface area contributed by atoms with Crippen molar-refractivity contribution in [2.75, 3.05) is 60.5 Å². The molecule has 6 rings (SSSR count). The number of benzene rings is 2. The van der Waals surface area contributed by atoms with Gasteiger partial charge in [0.1, 0.15) is 25.3 Å². The van der Waals surface area contributed by atoms with Gasteiger partial charge in [0.25, 0.3) is 0 Å². The summed E-state index contributed by atoms with van der Waals surface area (Å²) >= 11 is 64.2. The molecule has 0 aliphatic carbocycles. The maximum absolute atomic E-state index is 12.4. The molecule has 0 saturated carbocycles. The minimum atomic E-state index is -0.603. The van der Waals surface area contributed by atoms with Crippen molar-refractivity contribution in [2.24, 2.45) is 0 Å². The predicted octanol–water partition coefficient (Wildman–Crippen LogP) is 33.7. The molecule has 0 bridgehead atoms. The summed E-state index contributed by atoms with van der Waals surface area (Å²) in [6, 6.07) is 17.2. The van der Waals surface area contributed by atoms with E-state index in [1.165, 1.54) is 19.1 Å². The van der Waals surface area contributed by atoms with E-state index in [0.717, 1.165) is 11.1 Å². The van der Waals surface area contributed by atoms with E-state index in [0.29, 0.717) is 71.7 Å². The molecule has 4 saturated heterocycles. The van der Waals surface area contributed by atoms with Gasteiger partial charge in [-0.15, -0.1) is 0 Å². The van der Waals surface area contributed by atoms with Crippen LogP contribution < -0.4 is 18.6 Å². The fraction of sp³-hybridized carbons (Fsp3) is 0.514. The van der Waals surface area contributed by atoms with Crippen LogP contribution in [0.3, 0.4) is 0 Å². The van der Waals surface area contributed by atoms with Gasteiger partial charge in [0, 0.05) is 45.3 Å². The summed E-state index contributed by atoms with van der Waals surface area (Å²) in [7, 11) is -2.32. The van der Waals surface area contributed by atoms with Gasteiger partial charge in [-0.05, 0) is 36.8 Å². The van der Waals surface area contributed by atoms with Crippen molar-refractivity contribution in [3.63, 3.8) is 0 Å². The number of nitrogens with zero attached hydrogens (tertiary/aromatic N) is 5. The fourth-order valence-electron chi connectivity index (χ4n) is 7.45. The number of hydrogen-bond donors (Lipinski definition) is 1. The van der Waals surface area contributed by atoms with Crippen LogP contribution in [-0.4, -0.2) is 145 Å². The van der Waals surface area contributed by atoms with Gasteiger partial charge in [0.15, 0.2) is 0 Å². The molecule has 6 amide bonds.